The molecule has 56 valence electrons. The van der Waals surface area contributed by atoms with Crippen molar-refractivity contribution in [1.82, 2.24) is 4.90 Å². The fourth-order valence-electron chi connectivity index (χ4n) is 1.37. The molecule has 10 heavy (non-hydrogen) atoms. The summed E-state index contributed by atoms with van der Waals surface area (Å²) in [5.41, 5.74) is 8.69. The van der Waals surface area contributed by atoms with Crippen LogP contribution in [0.2, 0.25) is 0 Å². The lowest BCUT2D eigenvalue weighted by atomic mass is 9.96. The molecule has 0 saturated carbocycles. The van der Waals surface area contributed by atoms with Gasteiger partial charge in [-0.3, -0.25) is 0 Å². The molecular formula is C8H14N2. The summed E-state index contributed by atoms with van der Waals surface area (Å²) >= 11 is 0. The number of likely N-dealkylation sites (N-methyl/N-ethyl adjacent to an activating group) is 1. The molecule has 0 saturated heterocycles. The Kier molecular flexibility index (Phi) is 1.47. The smallest absolute Gasteiger partial charge is 0.0605 e. The maximum absolute atomic E-state index is 5.55. The van der Waals surface area contributed by atoms with Gasteiger partial charge in [0.25, 0.3) is 0 Å². The monoisotopic (exact) mass is 138 g/mol. The summed E-state index contributed by atoms with van der Waals surface area (Å²) in [7, 11) is 2.03. The van der Waals surface area contributed by atoms with Crippen LogP contribution in [0.25, 0.3) is 0 Å². The van der Waals surface area contributed by atoms with E-state index in [1.165, 1.54) is 5.57 Å². The Labute approximate surface area is 62.0 Å². The molecule has 0 aliphatic carbocycles. The first kappa shape index (κ1) is 7.19. The first-order valence-electron chi connectivity index (χ1n) is 3.44. The summed E-state index contributed by atoms with van der Waals surface area (Å²) in [5.74, 6) is 0. The molecule has 1 unspecified atom stereocenters. The van der Waals surface area contributed by atoms with Crippen LogP contribution in [0.15, 0.2) is 23.5 Å². The Balaban J connectivity index is 2.88. The van der Waals surface area contributed by atoms with Crippen molar-refractivity contribution in [2.24, 2.45) is 5.73 Å². The highest BCUT2D eigenvalue weighted by molar-refractivity contribution is 5.39. The molecular weight excluding hydrogens is 124 g/mol. The zero-order valence-electron chi connectivity index (χ0n) is 6.81. The Hall–Kier alpha value is -0.920. The second kappa shape index (κ2) is 2.04. The molecule has 1 aliphatic rings. The van der Waals surface area contributed by atoms with Crippen LogP contribution < -0.4 is 5.73 Å². The number of nitrogens with zero attached hydrogens (tertiary/aromatic N) is 1. The minimum absolute atomic E-state index is 0.537. The molecule has 0 aromatic carbocycles. The quantitative estimate of drug-likeness (QED) is 0.587. The molecule has 0 aromatic heterocycles. The van der Waals surface area contributed by atoms with Crippen LogP contribution in [0.1, 0.15) is 13.8 Å². The Morgan fingerprint density at radius 3 is 2.40 bits per heavy atom. The van der Waals surface area contributed by atoms with Gasteiger partial charge in [-0.2, -0.15) is 0 Å². The first-order chi connectivity index (χ1) is 4.55. The van der Waals surface area contributed by atoms with Crippen LogP contribution in [0.4, 0.5) is 0 Å². The lowest BCUT2D eigenvalue weighted by Gasteiger charge is -2.41. The Morgan fingerprint density at radius 2 is 2.20 bits per heavy atom. The van der Waals surface area contributed by atoms with Crippen LogP contribution in [0.3, 0.4) is 0 Å². The summed E-state index contributed by atoms with van der Waals surface area (Å²) in [6.07, 6.45) is 0. The molecule has 1 aliphatic heterocycles. The van der Waals surface area contributed by atoms with E-state index >= 15 is 0 Å². The zero-order valence-corrected chi connectivity index (χ0v) is 6.81. The Bertz CT molecular complexity index is 203. The molecule has 1 rings (SSSR count). The summed E-state index contributed by atoms with van der Waals surface area (Å²) in [4.78, 5) is 2.14. The predicted molar refractivity (Wildman–Crippen MR) is 43.3 cm³/mol. The molecule has 0 amide bonds. The third kappa shape index (κ3) is 0.719. The molecule has 0 fully saturated rings. The van der Waals surface area contributed by atoms with Crippen molar-refractivity contribution in [3.05, 3.63) is 23.5 Å². The van der Waals surface area contributed by atoms with Crippen LogP contribution in [-0.2, 0) is 0 Å². The highest BCUT2D eigenvalue weighted by Gasteiger charge is 2.28. The van der Waals surface area contributed by atoms with Gasteiger partial charge in [0.2, 0.25) is 0 Å². The van der Waals surface area contributed by atoms with Gasteiger partial charge in [0, 0.05) is 18.8 Å². The average Bonchev–Trinajstić information content (AvgIpc) is 1.87. The second-order valence-electron chi connectivity index (χ2n) is 2.84. The molecule has 2 N–H and O–H groups in total. The third-order valence-corrected chi connectivity index (χ3v) is 2.24. The predicted octanol–water partition coefficient (Wildman–Crippen LogP) is 1.07. The SMILES string of the molecule is C=C(N)C1=C(C)C(C)N1C. The fraction of sp³-hybridized carbons (Fsp3) is 0.500. The highest BCUT2D eigenvalue weighted by atomic mass is 15.2. The van der Waals surface area contributed by atoms with E-state index in [0.717, 1.165) is 5.70 Å². The van der Waals surface area contributed by atoms with Crippen LogP contribution >= 0.6 is 0 Å². The molecule has 0 radical (unpaired) electrons. The molecule has 1 heterocycles. The van der Waals surface area contributed by atoms with Crippen molar-refractivity contribution in [3.8, 4) is 0 Å². The maximum Gasteiger partial charge on any atom is 0.0605 e. The van der Waals surface area contributed by atoms with E-state index in [0.29, 0.717) is 11.7 Å². The van der Waals surface area contributed by atoms with E-state index < -0.39 is 0 Å². The molecule has 0 aromatic rings. The summed E-state index contributed by atoms with van der Waals surface area (Å²) in [6.45, 7) is 7.94. The zero-order chi connectivity index (χ0) is 7.89. The summed E-state index contributed by atoms with van der Waals surface area (Å²) in [6, 6.07) is 0.537. The van der Waals surface area contributed by atoms with Gasteiger partial charge in [-0.15, -0.1) is 0 Å². The average molecular weight is 138 g/mol. The maximum atomic E-state index is 5.55. The van der Waals surface area contributed by atoms with Crippen molar-refractivity contribution in [2.75, 3.05) is 7.05 Å². The van der Waals surface area contributed by atoms with Crippen molar-refractivity contribution in [2.45, 2.75) is 19.9 Å². The van der Waals surface area contributed by atoms with Gasteiger partial charge in [-0.1, -0.05) is 6.58 Å². The number of hydrogen-bond acceptors (Lipinski definition) is 2. The van der Waals surface area contributed by atoms with Crippen LogP contribution in [0, 0.1) is 0 Å². The standard InChI is InChI=1S/C8H14N2/c1-5-7(3)10(4)8(5)6(2)9/h7H,2,9H2,1,3-4H3. The van der Waals surface area contributed by atoms with Gasteiger partial charge in [0.05, 0.1) is 5.70 Å². The minimum atomic E-state index is 0.537. The van der Waals surface area contributed by atoms with E-state index in [9.17, 15) is 0 Å². The topological polar surface area (TPSA) is 29.3 Å². The van der Waals surface area contributed by atoms with Gasteiger partial charge in [-0.25, -0.2) is 0 Å². The Morgan fingerprint density at radius 1 is 1.70 bits per heavy atom. The van der Waals surface area contributed by atoms with Gasteiger partial charge >= 0.3 is 0 Å². The number of nitrogens with two attached hydrogens (primary N) is 1. The summed E-state index contributed by atoms with van der Waals surface area (Å²) in [5, 5.41) is 0. The van der Waals surface area contributed by atoms with E-state index in [2.05, 4.69) is 25.3 Å². The molecule has 0 spiro atoms. The normalized spacial score (nSPS) is 24.7. The van der Waals surface area contributed by atoms with E-state index in [-0.39, 0.29) is 0 Å². The fourth-order valence-corrected chi connectivity index (χ4v) is 1.37. The molecule has 0 bridgehead atoms. The van der Waals surface area contributed by atoms with Gasteiger partial charge in [0.1, 0.15) is 0 Å². The first-order valence-corrected chi connectivity index (χ1v) is 3.44. The second-order valence-corrected chi connectivity index (χ2v) is 2.84. The van der Waals surface area contributed by atoms with Crippen molar-refractivity contribution < 1.29 is 0 Å². The number of rotatable bonds is 1. The van der Waals surface area contributed by atoms with E-state index in [1.807, 2.05) is 7.05 Å². The minimum Gasteiger partial charge on any atom is -0.398 e. The van der Waals surface area contributed by atoms with Crippen LogP contribution in [0.5, 0.6) is 0 Å². The molecule has 1 atom stereocenters. The third-order valence-electron chi connectivity index (χ3n) is 2.24. The van der Waals surface area contributed by atoms with Crippen LogP contribution in [-0.4, -0.2) is 18.0 Å². The van der Waals surface area contributed by atoms with Crippen molar-refractivity contribution in [1.29, 1.82) is 0 Å². The molecule has 2 nitrogen and oxygen atoms in total. The summed E-state index contributed by atoms with van der Waals surface area (Å²) < 4.78 is 0. The molecule has 2 heteroatoms. The lowest BCUT2D eigenvalue weighted by molar-refractivity contribution is 0.299. The van der Waals surface area contributed by atoms with Gasteiger partial charge in [0.15, 0.2) is 0 Å². The lowest BCUT2D eigenvalue weighted by Crippen LogP contribution is -2.42. The van der Waals surface area contributed by atoms with Crippen molar-refractivity contribution >= 4 is 0 Å². The van der Waals surface area contributed by atoms with E-state index in [1.54, 1.807) is 0 Å². The highest BCUT2D eigenvalue weighted by Crippen LogP contribution is 2.30. The van der Waals surface area contributed by atoms with Gasteiger partial charge in [-0.05, 0) is 19.4 Å². The number of hydrogen-bond donors (Lipinski definition) is 1. The largest absolute Gasteiger partial charge is 0.398 e. The van der Waals surface area contributed by atoms with Crippen molar-refractivity contribution in [3.63, 3.8) is 0 Å². The van der Waals surface area contributed by atoms with Gasteiger partial charge < -0.3 is 10.6 Å². The van der Waals surface area contributed by atoms with E-state index in [4.69, 9.17) is 5.73 Å².